The summed E-state index contributed by atoms with van der Waals surface area (Å²) in [5.74, 6) is 0.403. The van der Waals surface area contributed by atoms with Gasteiger partial charge < -0.3 is 10.4 Å². The zero-order chi connectivity index (χ0) is 10.7. The second-order valence-electron chi connectivity index (χ2n) is 4.24. The highest BCUT2D eigenvalue weighted by atomic mass is 32.1. The molecule has 1 fully saturated rings. The molecule has 0 radical (unpaired) electrons. The molecule has 1 saturated heterocycles. The molecule has 0 aromatic carbocycles. The van der Waals surface area contributed by atoms with E-state index in [4.69, 9.17) is 0 Å². The van der Waals surface area contributed by atoms with Crippen molar-refractivity contribution in [2.75, 3.05) is 13.1 Å². The summed E-state index contributed by atoms with van der Waals surface area (Å²) < 4.78 is 0. The molecule has 2 atom stereocenters. The van der Waals surface area contributed by atoms with Crippen LogP contribution in [0, 0.1) is 12.8 Å². The van der Waals surface area contributed by atoms with Crippen LogP contribution in [0.2, 0.25) is 0 Å². The quantitative estimate of drug-likeness (QED) is 0.818. The van der Waals surface area contributed by atoms with E-state index < -0.39 is 0 Å². The van der Waals surface area contributed by atoms with Crippen LogP contribution in [0.3, 0.4) is 0 Å². The standard InChI is InChI=1S/C11H18N2OS/c1-8-13-10(7-15-8)5-11(14)9-3-2-4-12-6-9/h7,9,11-12,14H,2-6H2,1H3. The Morgan fingerprint density at radius 3 is 3.20 bits per heavy atom. The number of aliphatic hydroxyl groups excluding tert-OH is 1. The largest absolute Gasteiger partial charge is 0.392 e. The van der Waals surface area contributed by atoms with Crippen LogP contribution < -0.4 is 5.32 Å². The highest BCUT2D eigenvalue weighted by Gasteiger charge is 2.22. The van der Waals surface area contributed by atoms with Crippen molar-refractivity contribution in [3.63, 3.8) is 0 Å². The molecular formula is C11H18N2OS. The summed E-state index contributed by atoms with van der Waals surface area (Å²) in [6.07, 6.45) is 2.78. The Bertz CT molecular complexity index is 307. The molecule has 2 heterocycles. The highest BCUT2D eigenvalue weighted by Crippen LogP contribution is 2.18. The smallest absolute Gasteiger partial charge is 0.0897 e. The lowest BCUT2D eigenvalue weighted by Crippen LogP contribution is -2.37. The monoisotopic (exact) mass is 226 g/mol. The predicted molar refractivity (Wildman–Crippen MR) is 62.2 cm³/mol. The molecule has 0 spiro atoms. The third-order valence-electron chi connectivity index (χ3n) is 2.96. The van der Waals surface area contributed by atoms with Gasteiger partial charge in [-0.2, -0.15) is 0 Å². The summed E-state index contributed by atoms with van der Waals surface area (Å²) >= 11 is 1.66. The summed E-state index contributed by atoms with van der Waals surface area (Å²) in [6, 6.07) is 0. The van der Waals surface area contributed by atoms with Gasteiger partial charge in [0, 0.05) is 18.3 Å². The van der Waals surface area contributed by atoms with E-state index >= 15 is 0 Å². The molecule has 1 aliphatic rings. The van der Waals surface area contributed by atoms with Crippen LogP contribution in [-0.2, 0) is 6.42 Å². The van der Waals surface area contributed by atoms with E-state index in [0.717, 1.165) is 30.2 Å². The van der Waals surface area contributed by atoms with Crippen molar-refractivity contribution < 1.29 is 5.11 Å². The van der Waals surface area contributed by atoms with Crippen LogP contribution in [-0.4, -0.2) is 29.3 Å². The fourth-order valence-electron chi connectivity index (χ4n) is 2.09. The average Bonchev–Trinajstić information content (AvgIpc) is 2.65. The van der Waals surface area contributed by atoms with Crippen molar-refractivity contribution in [2.45, 2.75) is 32.3 Å². The maximum Gasteiger partial charge on any atom is 0.0897 e. The van der Waals surface area contributed by atoms with E-state index in [2.05, 4.69) is 15.7 Å². The molecule has 2 N–H and O–H groups in total. The first-order valence-electron chi connectivity index (χ1n) is 5.55. The number of piperidine rings is 1. The van der Waals surface area contributed by atoms with E-state index in [1.165, 1.54) is 6.42 Å². The number of hydrogen-bond donors (Lipinski definition) is 2. The minimum atomic E-state index is -0.237. The van der Waals surface area contributed by atoms with Gasteiger partial charge in [0.25, 0.3) is 0 Å². The molecule has 84 valence electrons. The fraction of sp³-hybridized carbons (Fsp3) is 0.727. The van der Waals surface area contributed by atoms with Crippen molar-refractivity contribution in [3.05, 3.63) is 16.1 Å². The molecule has 15 heavy (non-hydrogen) atoms. The second kappa shape index (κ2) is 5.05. The minimum Gasteiger partial charge on any atom is -0.392 e. The molecule has 0 amide bonds. The molecule has 0 bridgehead atoms. The lowest BCUT2D eigenvalue weighted by molar-refractivity contribution is 0.0914. The van der Waals surface area contributed by atoms with Gasteiger partial charge >= 0.3 is 0 Å². The Hall–Kier alpha value is -0.450. The van der Waals surface area contributed by atoms with Crippen molar-refractivity contribution in [2.24, 2.45) is 5.92 Å². The van der Waals surface area contributed by atoms with E-state index in [0.29, 0.717) is 12.3 Å². The number of rotatable bonds is 3. The summed E-state index contributed by atoms with van der Waals surface area (Å²) in [6.45, 7) is 4.05. The highest BCUT2D eigenvalue weighted by molar-refractivity contribution is 7.09. The Kier molecular flexibility index (Phi) is 3.72. The van der Waals surface area contributed by atoms with Crippen LogP contribution in [0.25, 0.3) is 0 Å². The average molecular weight is 226 g/mol. The van der Waals surface area contributed by atoms with Gasteiger partial charge in [-0.05, 0) is 32.2 Å². The number of hydrogen-bond acceptors (Lipinski definition) is 4. The van der Waals surface area contributed by atoms with Crippen molar-refractivity contribution in [1.29, 1.82) is 0 Å². The van der Waals surface area contributed by atoms with Crippen molar-refractivity contribution in [3.8, 4) is 0 Å². The number of nitrogens with one attached hydrogen (secondary N) is 1. The number of nitrogens with zero attached hydrogens (tertiary/aromatic N) is 1. The van der Waals surface area contributed by atoms with Crippen molar-refractivity contribution >= 4 is 11.3 Å². The van der Waals surface area contributed by atoms with Gasteiger partial charge in [-0.15, -0.1) is 11.3 Å². The molecule has 1 aliphatic heterocycles. The van der Waals surface area contributed by atoms with E-state index in [1.807, 2.05) is 6.92 Å². The normalized spacial score (nSPS) is 24.0. The topological polar surface area (TPSA) is 45.2 Å². The van der Waals surface area contributed by atoms with E-state index in [1.54, 1.807) is 11.3 Å². The Morgan fingerprint density at radius 2 is 2.60 bits per heavy atom. The molecule has 1 aromatic rings. The van der Waals surface area contributed by atoms with Crippen LogP contribution in [0.4, 0.5) is 0 Å². The van der Waals surface area contributed by atoms with Gasteiger partial charge in [-0.3, -0.25) is 0 Å². The van der Waals surface area contributed by atoms with Gasteiger partial charge in [0.1, 0.15) is 0 Å². The third-order valence-corrected chi connectivity index (χ3v) is 3.79. The maximum atomic E-state index is 10.1. The molecule has 1 aromatic heterocycles. The summed E-state index contributed by atoms with van der Waals surface area (Å²) in [5, 5.41) is 16.5. The Morgan fingerprint density at radius 1 is 1.73 bits per heavy atom. The summed E-state index contributed by atoms with van der Waals surface area (Å²) in [5.41, 5.74) is 1.04. The van der Waals surface area contributed by atoms with E-state index in [9.17, 15) is 5.11 Å². The molecular weight excluding hydrogens is 208 g/mol. The number of aromatic nitrogens is 1. The lowest BCUT2D eigenvalue weighted by atomic mass is 9.91. The molecule has 3 nitrogen and oxygen atoms in total. The number of aliphatic hydroxyl groups is 1. The zero-order valence-electron chi connectivity index (χ0n) is 9.07. The van der Waals surface area contributed by atoms with Crippen molar-refractivity contribution in [1.82, 2.24) is 10.3 Å². The molecule has 0 aliphatic carbocycles. The summed E-state index contributed by atoms with van der Waals surface area (Å²) in [7, 11) is 0. The lowest BCUT2D eigenvalue weighted by Gasteiger charge is -2.26. The minimum absolute atomic E-state index is 0.237. The van der Waals surface area contributed by atoms with Crippen LogP contribution in [0.15, 0.2) is 5.38 Å². The van der Waals surface area contributed by atoms with Crippen LogP contribution >= 0.6 is 11.3 Å². The van der Waals surface area contributed by atoms with Crippen LogP contribution in [0.5, 0.6) is 0 Å². The molecule has 4 heteroatoms. The SMILES string of the molecule is Cc1nc(CC(O)C2CCCNC2)cs1. The third kappa shape index (κ3) is 3.00. The molecule has 0 saturated carbocycles. The van der Waals surface area contributed by atoms with Gasteiger partial charge in [0.05, 0.1) is 16.8 Å². The zero-order valence-corrected chi connectivity index (χ0v) is 9.89. The number of thiazole rings is 1. The molecule has 2 unspecified atom stereocenters. The van der Waals surface area contributed by atoms with E-state index in [-0.39, 0.29) is 6.10 Å². The first kappa shape index (κ1) is 11.0. The fourth-order valence-corrected chi connectivity index (χ4v) is 2.72. The van der Waals surface area contributed by atoms with Crippen LogP contribution in [0.1, 0.15) is 23.5 Å². The predicted octanol–water partition coefficient (Wildman–Crippen LogP) is 1.35. The first-order chi connectivity index (χ1) is 7.25. The van der Waals surface area contributed by atoms with Gasteiger partial charge in [-0.1, -0.05) is 0 Å². The number of aryl methyl sites for hydroxylation is 1. The Labute approximate surface area is 94.5 Å². The Balaban J connectivity index is 1.88. The van der Waals surface area contributed by atoms with Gasteiger partial charge in [0.2, 0.25) is 0 Å². The second-order valence-corrected chi connectivity index (χ2v) is 5.30. The molecule has 2 rings (SSSR count). The van der Waals surface area contributed by atoms with Gasteiger partial charge in [0.15, 0.2) is 0 Å². The first-order valence-corrected chi connectivity index (χ1v) is 6.43. The van der Waals surface area contributed by atoms with Gasteiger partial charge in [-0.25, -0.2) is 4.98 Å². The summed E-state index contributed by atoms with van der Waals surface area (Å²) in [4.78, 5) is 4.38. The maximum absolute atomic E-state index is 10.1.